The van der Waals surface area contributed by atoms with Crippen molar-refractivity contribution in [1.82, 2.24) is 4.98 Å². The lowest BCUT2D eigenvalue weighted by atomic mass is 9.96. The molecule has 2 nitrogen and oxygen atoms in total. The van der Waals surface area contributed by atoms with Gasteiger partial charge in [0.2, 0.25) is 0 Å². The minimum atomic E-state index is 0.971. The van der Waals surface area contributed by atoms with Gasteiger partial charge in [-0.1, -0.05) is 50.3 Å². The van der Waals surface area contributed by atoms with Gasteiger partial charge in [-0.3, -0.25) is 9.98 Å². The number of nitrogens with zero attached hydrogens (tertiary/aromatic N) is 2. The lowest BCUT2D eigenvalue weighted by molar-refractivity contribution is 0.873. The summed E-state index contributed by atoms with van der Waals surface area (Å²) in [7, 11) is 1.83. The van der Waals surface area contributed by atoms with Crippen molar-refractivity contribution in [3.8, 4) is 0 Å². The molecule has 2 rings (SSSR count). The highest BCUT2D eigenvalue weighted by molar-refractivity contribution is 6.15. The maximum Gasteiger partial charge on any atom is 0.0739 e. The summed E-state index contributed by atoms with van der Waals surface area (Å²) in [6.07, 6.45) is 4.00. The summed E-state index contributed by atoms with van der Waals surface area (Å²) in [6, 6.07) is 12.4. The van der Waals surface area contributed by atoms with E-state index in [1.165, 1.54) is 0 Å². The highest BCUT2D eigenvalue weighted by Crippen LogP contribution is 2.19. The van der Waals surface area contributed by atoms with Crippen molar-refractivity contribution in [1.29, 1.82) is 0 Å². The summed E-state index contributed by atoms with van der Waals surface area (Å²) in [5, 5.41) is 0. The molecule has 2 heteroatoms. The van der Waals surface area contributed by atoms with Crippen LogP contribution in [-0.4, -0.2) is 17.7 Å². The van der Waals surface area contributed by atoms with E-state index >= 15 is 0 Å². The second-order valence-electron chi connectivity index (χ2n) is 5.05. The van der Waals surface area contributed by atoms with Gasteiger partial charge >= 0.3 is 0 Å². The van der Waals surface area contributed by atoms with Crippen molar-refractivity contribution < 1.29 is 0 Å². The fourth-order valence-electron chi connectivity index (χ4n) is 2.54. The van der Waals surface area contributed by atoms with Gasteiger partial charge in [0, 0.05) is 29.6 Å². The third kappa shape index (κ3) is 3.27. The lowest BCUT2D eigenvalue weighted by Gasteiger charge is -2.12. The Labute approximate surface area is 127 Å². The van der Waals surface area contributed by atoms with Crippen LogP contribution in [0.3, 0.4) is 0 Å². The van der Waals surface area contributed by atoms with Crippen molar-refractivity contribution in [2.24, 2.45) is 4.99 Å². The molecule has 108 valence electrons. The number of aryl methyl sites for hydroxylation is 2. The molecule has 1 aromatic carbocycles. The molecule has 0 saturated carbocycles. The Kier molecular flexibility index (Phi) is 5.04. The molecule has 0 spiro atoms. The Morgan fingerprint density at radius 1 is 1.19 bits per heavy atom. The number of aliphatic imine (C=N–C) groups is 1. The SMILES string of the molecule is C=Cc1ccccc1C(=NC)c1ccc(CCC)nc1C. The molecule has 2 aromatic rings. The van der Waals surface area contributed by atoms with Crippen LogP contribution in [0, 0.1) is 6.92 Å². The third-order valence-electron chi connectivity index (χ3n) is 3.56. The monoisotopic (exact) mass is 278 g/mol. The van der Waals surface area contributed by atoms with Gasteiger partial charge in [0.25, 0.3) is 0 Å². The van der Waals surface area contributed by atoms with Crippen LogP contribution in [0.1, 0.15) is 41.4 Å². The molecule has 1 aromatic heterocycles. The van der Waals surface area contributed by atoms with Crippen LogP contribution in [-0.2, 0) is 6.42 Å². The first-order chi connectivity index (χ1) is 10.2. The van der Waals surface area contributed by atoms with Gasteiger partial charge in [0.1, 0.15) is 0 Å². The summed E-state index contributed by atoms with van der Waals surface area (Å²) in [4.78, 5) is 9.21. The van der Waals surface area contributed by atoms with Crippen molar-refractivity contribution in [2.75, 3.05) is 7.05 Å². The van der Waals surface area contributed by atoms with Crippen molar-refractivity contribution >= 4 is 11.8 Å². The molecule has 0 fully saturated rings. The Morgan fingerprint density at radius 3 is 2.57 bits per heavy atom. The van der Waals surface area contributed by atoms with E-state index in [1.807, 2.05) is 25.3 Å². The zero-order valence-corrected chi connectivity index (χ0v) is 13.1. The quantitative estimate of drug-likeness (QED) is 0.742. The molecule has 21 heavy (non-hydrogen) atoms. The summed E-state index contributed by atoms with van der Waals surface area (Å²) < 4.78 is 0. The van der Waals surface area contributed by atoms with Crippen LogP contribution < -0.4 is 0 Å². The van der Waals surface area contributed by atoms with Crippen LogP contribution in [0.15, 0.2) is 48.0 Å². The largest absolute Gasteiger partial charge is 0.287 e. The molecule has 0 aliphatic heterocycles. The number of aromatic nitrogens is 1. The molecular weight excluding hydrogens is 256 g/mol. The van der Waals surface area contributed by atoms with Gasteiger partial charge < -0.3 is 0 Å². The number of hydrogen-bond donors (Lipinski definition) is 0. The van der Waals surface area contributed by atoms with Gasteiger partial charge in [0.15, 0.2) is 0 Å². The second kappa shape index (κ2) is 6.98. The highest BCUT2D eigenvalue weighted by atomic mass is 14.7. The topological polar surface area (TPSA) is 25.2 Å². The van der Waals surface area contributed by atoms with Crippen molar-refractivity contribution in [3.05, 3.63) is 71.1 Å². The predicted molar refractivity (Wildman–Crippen MR) is 91.1 cm³/mol. The molecule has 0 aliphatic carbocycles. The first kappa shape index (κ1) is 15.2. The number of rotatable bonds is 5. The van der Waals surface area contributed by atoms with Gasteiger partial charge in [-0.2, -0.15) is 0 Å². The summed E-state index contributed by atoms with van der Waals surface area (Å²) in [5.74, 6) is 0. The maximum atomic E-state index is 4.71. The molecule has 0 bridgehead atoms. The normalized spacial score (nSPS) is 11.5. The van der Waals surface area contributed by atoms with Crippen LogP contribution in [0.2, 0.25) is 0 Å². The molecule has 0 unspecified atom stereocenters. The average molecular weight is 278 g/mol. The Hall–Kier alpha value is -2.22. The standard InChI is InChI=1S/C19H22N2/c1-5-9-16-12-13-17(14(3)21-16)19(20-4)18-11-8-7-10-15(18)6-2/h6-8,10-13H,2,5,9H2,1,3-4H3. The van der Waals surface area contributed by atoms with Crippen molar-refractivity contribution in [2.45, 2.75) is 26.7 Å². The van der Waals surface area contributed by atoms with E-state index < -0.39 is 0 Å². The first-order valence-corrected chi connectivity index (χ1v) is 7.36. The van der Waals surface area contributed by atoms with E-state index in [0.29, 0.717) is 0 Å². The Morgan fingerprint density at radius 2 is 1.95 bits per heavy atom. The molecule has 0 N–H and O–H groups in total. The number of pyridine rings is 1. The minimum Gasteiger partial charge on any atom is -0.287 e. The summed E-state index contributed by atoms with van der Waals surface area (Å²) in [5.41, 5.74) is 6.43. The van der Waals surface area contributed by atoms with Crippen molar-refractivity contribution in [3.63, 3.8) is 0 Å². The van der Waals surface area contributed by atoms with Gasteiger partial charge in [-0.15, -0.1) is 0 Å². The predicted octanol–water partition coefficient (Wildman–Crippen LogP) is 4.45. The molecule has 0 saturated heterocycles. The van der Waals surface area contributed by atoms with E-state index in [-0.39, 0.29) is 0 Å². The fraction of sp³-hybridized carbons (Fsp3) is 0.263. The second-order valence-corrected chi connectivity index (χ2v) is 5.05. The highest BCUT2D eigenvalue weighted by Gasteiger charge is 2.12. The molecule has 0 aliphatic rings. The molecular formula is C19H22N2. The Balaban J connectivity index is 2.50. The summed E-state index contributed by atoms with van der Waals surface area (Å²) >= 11 is 0. The number of hydrogen-bond acceptors (Lipinski definition) is 2. The smallest absolute Gasteiger partial charge is 0.0739 e. The summed E-state index contributed by atoms with van der Waals surface area (Å²) in [6.45, 7) is 8.11. The van der Waals surface area contributed by atoms with E-state index in [9.17, 15) is 0 Å². The minimum absolute atomic E-state index is 0.971. The van der Waals surface area contributed by atoms with E-state index in [2.05, 4.69) is 49.7 Å². The van der Waals surface area contributed by atoms with E-state index in [4.69, 9.17) is 4.98 Å². The van der Waals surface area contributed by atoms with Crippen LogP contribution in [0.25, 0.3) is 6.08 Å². The van der Waals surface area contributed by atoms with Crippen LogP contribution >= 0.6 is 0 Å². The maximum absolute atomic E-state index is 4.71. The lowest BCUT2D eigenvalue weighted by Crippen LogP contribution is -2.09. The fourth-order valence-corrected chi connectivity index (χ4v) is 2.54. The Bertz CT molecular complexity index is 669. The van der Waals surface area contributed by atoms with Crippen LogP contribution in [0.4, 0.5) is 0 Å². The zero-order valence-electron chi connectivity index (χ0n) is 13.1. The van der Waals surface area contributed by atoms with E-state index in [1.54, 1.807) is 0 Å². The first-order valence-electron chi connectivity index (χ1n) is 7.36. The number of benzene rings is 1. The van der Waals surface area contributed by atoms with Gasteiger partial charge in [0.05, 0.1) is 5.71 Å². The van der Waals surface area contributed by atoms with Crippen LogP contribution in [0.5, 0.6) is 0 Å². The molecule has 1 heterocycles. The van der Waals surface area contributed by atoms with E-state index in [0.717, 1.165) is 46.6 Å². The molecule has 0 radical (unpaired) electrons. The zero-order chi connectivity index (χ0) is 15.2. The average Bonchev–Trinajstić information content (AvgIpc) is 2.51. The van der Waals surface area contributed by atoms with Gasteiger partial charge in [-0.05, 0) is 31.0 Å². The molecule has 0 amide bonds. The molecule has 0 atom stereocenters. The third-order valence-corrected chi connectivity index (χ3v) is 3.56. The van der Waals surface area contributed by atoms with Gasteiger partial charge in [-0.25, -0.2) is 0 Å².